The maximum absolute atomic E-state index is 12.6. The van der Waals surface area contributed by atoms with Crippen LogP contribution in [-0.2, 0) is 12.8 Å². The summed E-state index contributed by atoms with van der Waals surface area (Å²) < 4.78 is 1.06. The molecule has 0 saturated heterocycles. The number of hydrogen-bond donors (Lipinski definition) is 1. The van der Waals surface area contributed by atoms with Gasteiger partial charge in [0.15, 0.2) is 0 Å². The Hall–Kier alpha value is -1.84. The van der Waals surface area contributed by atoms with Crippen molar-refractivity contribution in [2.45, 2.75) is 25.8 Å². The van der Waals surface area contributed by atoms with Crippen LogP contribution in [0.15, 0.2) is 42.5 Å². The van der Waals surface area contributed by atoms with Gasteiger partial charge in [0.2, 0.25) is 0 Å². The molecule has 0 unspecified atom stereocenters. The zero-order chi connectivity index (χ0) is 16.0. The van der Waals surface area contributed by atoms with Gasteiger partial charge in [0.1, 0.15) is 4.88 Å². The Morgan fingerprint density at radius 1 is 1.17 bits per heavy atom. The highest BCUT2D eigenvalue weighted by Gasteiger charge is 2.25. The van der Waals surface area contributed by atoms with Crippen molar-refractivity contribution in [3.05, 3.63) is 69.1 Å². The van der Waals surface area contributed by atoms with E-state index < -0.39 is 0 Å². The Balaban J connectivity index is 1.57. The SMILES string of the molecule is Cc1ccc2c(Cl)c(C(=O)NC3Cc4ccccc4C3)sc2c1. The fourth-order valence-electron chi connectivity index (χ4n) is 3.23. The molecule has 0 aliphatic heterocycles. The molecular formula is C19H16ClNOS. The molecule has 0 spiro atoms. The quantitative estimate of drug-likeness (QED) is 0.715. The molecule has 0 saturated carbocycles. The van der Waals surface area contributed by atoms with Crippen LogP contribution in [0.5, 0.6) is 0 Å². The molecule has 1 heterocycles. The first-order chi connectivity index (χ1) is 11.1. The minimum absolute atomic E-state index is 0.0633. The van der Waals surface area contributed by atoms with Crippen LogP contribution < -0.4 is 5.32 Å². The molecule has 3 aromatic rings. The molecule has 116 valence electrons. The Labute approximate surface area is 144 Å². The Morgan fingerprint density at radius 2 is 1.87 bits per heavy atom. The fourth-order valence-corrected chi connectivity index (χ4v) is 4.75. The van der Waals surface area contributed by atoms with Gasteiger partial charge < -0.3 is 5.32 Å². The fraction of sp³-hybridized carbons (Fsp3) is 0.211. The number of nitrogens with one attached hydrogen (secondary N) is 1. The van der Waals surface area contributed by atoms with Crippen molar-refractivity contribution < 1.29 is 4.79 Å². The number of thiophene rings is 1. The number of benzene rings is 2. The number of rotatable bonds is 2. The first kappa shape index (κ1) is 14.7. The van der Waals surface area contributed by atoms with Crippen molar-refractivity contribution >= 4 is 38.9 Å². The number of fused-ring (bicyclic) bond motifs is 2. The van der Waals surface area contributed by atoms with Gasteiger partial charge in [-0.1, -0.05) is 48.0 Å². The second-order valence-electron chi connectivity index (χ2n) is 6.09. The van der Waals surface area contributed by atoms with Crippen molar-refractivity contribution in [1.82, 2.24) is 5.32 Å². The van der Waals surface area contributed by atoms with E-state index in [2.05, 4.69) is 23.5 Å². The summed E-state index contributed by atoms with van der Waals surface area (Å²) in [6, 6.07) is 14.6. The van der Waals surface area contributed by atoms with E-state index in [4.69, 9.17) is 11.6 Å². The predicted octanol–water partition coefficient (Wildman–Crippen LogP) is 4.76. The Kier molecular flexibility index (Phi) is 3.63. The summed E-state index contributed by atoms with van der Waals surface area (Å²) >= 11 is 7.90. The van der Waals surface area contributed by atoms with Crippen LogP contribution in [0.2, 0.25) is 5.02 Å². The maximum atomic E-state index is 12.6. The zero-order valence-electron chi connectivity index (χ0n) is 12.7. The highest BCUT2D eigenvalue weighted by atomic mass is 35.5. The molecule has 23 heavy (non-hydrogen) atoms. The molecule has 0 bridgehead atoms. The van der Waals surface area contributed by atoms with Gasteiger partial charge in [-0.2, -0.15) is 0 Å². The summed E-state index contributed by atoms with van der Waals surface area (Å²) in [5.41, 5.74) is 3.83. The van der Waals surface area contributed by atoms with Gasteiger partial charge in [-0.25, -0.2) is 0 Å². The second kappa shape index (κ2) is 5.66. The lowest BCUT2D eigenvalue weighted by atomic mass is 10.1. The van der Waals surface area contributed by atoms with Gasteiger partial charge in [0.05, 0.1) is 5.02 Å². The van der Waals surface area contributed by atoms with E-state index in [1.807, 2.05) is 31.2 Å². The standard InChI is InChI=1S/C19H16ClNOS/c1-11-6-7-15-16(8-11)23-18(17(15)20)19(22)21-14-9-12-4-2-3-5-13(12)10-14/h2-8,14H,9-10H2,1H3,(H,21,22). The van der Waals surface area contributed by atoms with E-state index in [1.54, 1.807) is 0 Å². The highest BCUT2D eigenvalue weighted by molar-refractivity contribution is 7.21. The van der Waals surface area contributed by atoms with Gasteiger partial charge in [0.25, 0.3) is 5.91 Å². The summed E-state index contributed by atoms with van der Waals surface area (Å²) in [7, 11) is 0. The molecule has 4 heteroatoms. The van der Waals surface area contributed by atoms with Gasteiger partial charge in [-0.15, -0.1) is 11.3 Å². The average molecular weight is 342 g/mol. The molecule has 1 amide bonds. The number of carbonyl (C=O) groups is 1. The van der Waals surface area contributed by atoms with Crippen molar-refractivity contribution in [2.75, 3.05) is 0 Å². The van der Waals surface area contributed by atoms with Crippen molar-refractivity contribution in [3.63, 3.8) is 0 Å². The van der Waals surface area contributed by atoms with Crippen LogP contribution in [-0.4, -0.2) is 11.9 Å². The van der Waals surface area contributed by atoms with Crippen LogP contribution in [0.3, 0.4) is 0 Å². The van der Waals surface area contributed by atoms with Gasteiger partial charge in [0, 0.05) is 16.1 Å². The summed E-state index contributed by atoms with van der Waals surface area (Å²) in [6.07, 6.45) is 1.78. The molecule has 2 aromatic carbocycles. The van der Waals surface area contributed by atoms with Gasteiger partial charge >= 0.3 is 0 Å². The van der Waals surface area contributed by atoms with Crippen LogP contribution in [0.1, 0.15) is 26.4 Å². The molecule has 1 N–H and O–H groups in total. The minimum Gasteiger partial charge on any atom is -0.348 e. The summed E-state index contributed by atoms with van der Waals surface area (Å²) in [5, 5.41) is 4.67. The molecule has 1 aliphatic rings. The number of carbonyl (C=O) groups excluding carboxylic acids is 1. The molecule has 2 nitrogen and oxygen atoms in total. The third-order valence-electron chi connectivity index (χ3n) is 4.38. The molecule has 1 aliphatic carbocycles. The number of amides is 1. The van der Waals surface area contributed by atoms with Gasteiger partial charge in [-0.3, -0.25) is 4.79 Å². The normalized spacial score (nSPS) is 14.2. The summed E-state index contributed by atoms with van der Waals surface area (Å²) in [6.45, 7) is 2.04. The Morgan fingerprint density at radius 3 is 2.57 bits per heavy atom. The summed E-state index contributed by atoms with van der Waals surface area (Å²) in [5.74, 6) is -0.0633. The summed E-state index contributed by atoms with van der Waals surface area (Å²) in [4.78, 5) is 13.3. The third-order valence-corrected chi connectivity index (χ3v) is 6.03. The smallest absolute Gasteiger partial charge is 0.263 e. The predicted molar refractivity (Wildman–Crippen MR) is 96.7 cm³/mol. The lowest BCUT2D eigenvalue weighted by Crippen LogP contribution is -2.34. The van der Waals surface area contributed by atoms with Crippen LogP contribution in [0, 0.1) is 6.92 Å². The number of halogens is 1. The minimum atomic E-state index is -0.0633. The van der Waals surface area contributed by atoms with Crippen LogP contribution in [0.25, 0.3) is 10.1 Å². The molecule has 0 atom stereocenters. The lowest BCUT2D eigenvalue weighted by Gasteiger charge is -2.11. The van der Waals surface area contributed by atoms with E-state index in [0.29, 0.717) is 9.90 Å². The van der Waals surface area contributed by atoms with E-state index in [-0.39, 0.29) is 11.9 Å². The number of aryl methyl sites for hydroxylation is 1. The topological polar surface area (TPSA) is 29.1 Å². The Bertz CT molecular complexity index is 890. The van der Waals surface area contributed by atoms with Crippen molar-refractivity contribution in [1.29, 1.82) is 0 Å². The third kappa shape index (κ3) is 2.64. The molecule has 4 rings (SSSR count). The van der Waals surface area contributed by atoms with Crippen molar-refractivity contribution in [3.8, 4) is 0 Å². The van der Waals surface area contributed by atoms with E-state index in [9.17, 15) is 4.79 Å². The largest absolute Gasteiger partial charge is 0.348 e. The van der Waals surface area contributed by atoms with Gasteiger partial charge in [-0.05, 0) is 42.5 Å². The second-order valence-corrected chi connectivity index (χ2v) is 7.52. The van der Waals surface area contributed by atoms with Crippen molar-refractivity contribution in [2.24, 2.45) is 0 Å². The first-order valence-corrected chi connectivity index (χ1v) is 8.87. The van der Waals surface area contributed by atoms with E-state index in [1.165, 1.54) is 28.0 Å². The molecule has 0 fully saturated rings. The first-order valence-electron chi connectivity index (χ1n) is 7.68. The molecule has 1 aromatic heterocycles. The lowest BCUT2D eigenvalue weighted by molar-refractivity contribution is 0.0943. The zero-order valence-corrected chi connectivity index (χ0v) is 14.3. The highest BCUT2D eigenvalue weighted by Crippen LogP contribution is 2.36. The van der Waals surface area contributed by atoms with E-state index in [0.717, 1.165) is 22.9 Å². The van der Waals surface area contributed by atoms with Crippen LogP contribution in [0.4, 0.5) is 0 Å². The van der Waals surface area contributed by atoms with Crippen LogP contribution >= 0.6 is 22.9 Å². The monoisotopic (exact) mass is 341 g/mol. The molecule has 0 radical (unpaired) electrons. The average Bonchev–Trinajstić information content (AvgIpc) is 3.07. The molecular weight excluding hydrogens is 326 g/mol. The van der Waals surface area contributed by atoms with E-state index >= 15 is 0 Å². The maximum Gasteiger partial charge on any atom is 0.263 e. The number of hydrogen-bond acceptors (Lipinski definition) is 2.